The summed E-state index contributed by atoms with van der Waals surface area (Å²) in [6, 6.07) is 15.8. The molecule has 0 aliphatic rings. The summed E-state index contributed by atoms with van der Waals surface area (Å²) >= 11 is 0. The van der Waals surface area contributed by atoms with E-state index in [9.17, 15) is 4.39 Å². The molecule has 0 heterocycles. The minimum atomic E-state index is -0.212. The molecule has 0 amide bonds. The van der Waals surface area contributed by atoms with E-state index in [0.717, 1.165) is 24.2 Å². The number of hydrogen-bond acceptors (Lipinski definition) is 2. The second kappa shape index (κ2) is 7.34. The topological polar surface area (TPSA) is 29.3 Å². The fourth-order valence-electron chi connectivity index (χ4n) is 2.40. The Morgan fingerprint density at radius 3 is 2.19 bits per heavy atom. The van der Waals surface area contributed by atoms with Gasteiger partial charge in [0.25, 0.3) is 0 Å². The van der Waals surface area contributed by atoms with Crippen LogP contribution in [-0.2, 0) is 19.6 Å². The maximum atomic E-state index is 13.6. The Hall–Kier alpha value is -1.71. The summed E-state index contributed by atoms with van der Waals surface area (Å²) in [6.07, 6.45) is 0. The molecule has 2 aromatic rings. The zero-order chi connectivity index (χ0) is 15.2. The van der Waals surface area contributed by atoms with Crippen LogP contribution in [0.4, 0.5) is 4.39 Å². The van der Waals surface area contributed by atoms with Crippen LogP contribution in [0.5, 0.6) is 0 Å². The molecule has 2 rings (SSSR count). The summed E-state index contributed by atoms with van der Waals surface area (Å²) < 4.78 is 13.6. The SMILES string of the molecule is CC(C)N(Cc1ccccc1)Cc1cc(F)cc(CN)c1. The van der Waals surface area contributed by atoms with Crippen LogP contribution in [-0.4, -0.2) is 10.9 Å². The molecule has 0 saturated heterocycles. The molecule has 0 spiro atoms. The highest BCUT2D eigenvalue weighted by Gasteiger charge is 2.12. The van der Waals surface area contributed by atoms with Crippen LogP contribution in [0, 0.1) is 5.82 Å². The number of nitrogens with zero attached hydrogens (tertiary/aromatic N) is 1. The van der Waals surface area contributed by atoms with Gasteiger partial charge in [-0.05, 0) is 42.7 Å². The van der Waals surface area contributed by atoms with Gasteiger partial charge in [-0.2, -0.15) is 0 Å². The highest BCUT2D eigenvalue weighted by atomic mass is 19.1. The lowest BCUT2D eigenvalue weighted by molar-refractivity contribution is 0.203. The molecule has 2 nitrogen and oxygen atoms in total. The van der Waals surface area contributed by atoms with Gasteiger partial charge >= 0.3 is 0 Å². The van der Waals surface area contributed by atoms with Gasteiger partial charge in [0.15, 0.2) is 0 Å². The van der Waals surface area contributed by atoms with Gasteiger partial charge in [0.05, 0.1) is 0 Å². The van der Waals surface area contributed by atoms with Crippen LogP contribution in [0.15, 0.2) is 48.5 Å². The number of halogens is 1. The van der Waals surface area contributed by atoms with Gasteiger partial charge in [0.2, 0.25) is 0 Å². The van der Waals surface area contributed by atoms with Crippen LogP contribution >= 0.6 is 0 Å². The molecular weight excluding hydrogens is 263 g/mol. The molecule has 112 valence electrons. The largest absolute Gasteiger partial charge is 0.326 e. The first kappa shape index (κ1) is 15.7. The van der Waals surface area contributed by atoms with Crippen molar-refractivity contribution in [1.82, 2.24) is 4.90 Å². The molecule has 0 radical (unpaired) electrons. The van der Waals surface area contributed by atoms with Gasteiger partial charge in [-0.25, -0.2) is 4.39 Å². The summed E-state index contributed by atoms with van der Waals surface area (Å²) in [5.41, 5.74) is 8.70. The van der Waals surface area contributed by atoms with Crippen molar-refractivity contribution in [1.29, 1.82) is 0 Å². The molecule has 0 aliphatic heterocycles. The van der Waals surface area contributed by atoms with Crippen LogP contribution in [0.3, 0.4) is 0 Å². The van der Waals surface area contributed by atoms with E-state index in [1.165, 1.54) is 11.6 Å². The molecule has 3 heteroatoms. The fourth-order valence-corrected chi connectivity index (χ4v) is 2.40. The minimum absolute atomic E-state index is 0.212. The van der Waals surface area contributed by atoms with Crippen molar-refractivity contribution in [2.45, 2.75) is 39.5 Å². The Balaban J connectivity index is 2.14. The van der Waals surface area contributed by atoms with E-state index in [1.807, 2.05) is 24.3 Å². The highest BCUT2D eigenvalue weighted by molar-refractivity contribution is 5.25. The van der Waals surface area contributed by atoms with Gasteiger partial charge in [0.1, 0.15) is 5.82 Å². The Kier molecular flexibility index (Phi) is 5.48. The Morgan fingerprint density at radius 2 is 1.57 bits per heavy atom. The van der Waals surface area contributed by atoms with Gasteiger partial charge in [-0.15, -0.1) is 0 Å². The average Bonchev–Trinajstić information content (AvgIpc) is 2.47. The van der Waals surface area contributed by atoms with E-state index < -0.39 is 0 Å². The first-order valence-electron chi connectivity index (χ1n) is 7.35. The zero-order valence-electron chi connectivity index (χ0n) is 12.7. The first-order valence-corrected chi connectivity index (χ1v) is 7.35. The van der Waals surface area contributed by atoms with Crippen molar-refractivity contribution in [2.75, 3.05) is 0 Å². The molecule has 0 saturated carbocycles. The highest BCUT2D eigenvalue weighted by Crippen LogP contribution is 2.16. The monoisotopic (exact) mass is 286 g/mol. The summed E-state index contributed by atoms with van der Waals surface area (Å²) in [4.78, 5) is 2.32. The van der Waals surface area contributed by atoms with Crippen molar-refractivity contribution in [3.05, 3.63) is 71.0 Å². The Labute approximate surface area is 126 Å². The van der Waals surface area contributed by atoms with E-state index in [1.54, 1.807) is 6.07 Å². The first-order chi connectivity index (χ1) is 10.1. The van der Waals surface area contributed by atoms with Crippen LogP contribution in [0.2, 0.25) is 0 Å². The zero-order valence-corrected chi connectivity index (χ0v) is 12.7. The normalized spacial score (nSPS) is 11.3. The average molecular weight is 286 g/mol. The number of nitrogens with two attached hydrogens (primary N) is 1. The van der Waals surface area contributed by atoms with E-state index in [2.05, 4.69) is 30.9 Å². The second-order valence-electron chi connectivity index (χ2n) is 5.66. The lowest BCUT2D eigenvalue weighted by Gasteiger charge is -2.27. The molecule has 21 heavy (non-hydrogen) atoms. The van der Waals surface area contributed by atoms with E-state index >= 15 is 0 Å². The third-order valence-corrected chi connectivity index (χ3v) is 3.60. The molecule has 0 unspecified atom stereocenters. The molecule has 2 N–H and O–H groups in total. The summed E-state index contributed by atoms with van der Waals surface area (Å²) in [6.45, 7) is 6.26. The molecular formula is C18H23FN2. The Morgan fingerprint density at radius 1 is 0.952 bits per heavy atom. The van der Waals surface area contributed by atoms with Crippen molar-refractivity contribution in [3.63, 3.8) is 0 Å². The van der Waals surface area contributed by atoms with Gasteiger partial charge in [-0.3, -0.25) is 4.90 Å². The predicted molar refractivity (Wildman–Crippen MR) is 85.1 cm³/mol. The molecule has 0 fully saturated rings. The molecule has 0 aliphatic carbocycles. The lowest BCUT2D eigenvalue weighted by Crippen LogP contribution is -2.29. The predicted octanol–water partition coefficient (Wildman–Crippen LogP) is 3.70. The summed E-state index contributed by atoms with van der Waals surface area (Å²) in [7, 11) is 0. The third-order valence-electron chi connectivity index (χ3n) is 3.60. The maximum absolute atomic E-state index is 13.6. The molecule has 2 aromatic carbocycles. The maximum Gasteiger partial charge on any atom is 0.123 e. The minimum Gasteiger partial charge on any atom is -0.326 e. The molecule has 0 atom stereocenters. The third kappa shape index (κ3) is 4.66. The van der Waals surface area contributed by atoms with Crippen LogP contribution < -0.4 is 5.73 Å². The quantitative estimate of drug-likeness (QED) is 0.877. The van der Waals surface area contributed by atoms with Gasteiger partial charge in [0, 0.05) is 25.7 Å². The summed E-state index contributed by atoms with van der Waals surface area (Å²) in [5, 5.41) is 0. The standard InChI is InChI=1S/C18H23FN2/c1-14(2)21(12-15-6-4-3-5-7-15)13-17-8-16(11-20)9-18(19)10-17/h3-10,14H,11-13,20H2,1-2H3. The number of rotatable bonds is 6. The van der Waals surface area contributed by atoms with E-state index in [0.29, 0.717) is 12.6 Å². The number of benzene rings is 2. The van der Waals surface area contributed by atoms with Crippen molar-refractivity contribution < 1.29 is 4.39 Å². The fraction of sp³-hybridized carbons (Fsp3) is 0.333. The van der Waals surface area contributed by atoms with Crippen LogP contribution in [0.25, 0.3) is 0 Å². The number of hydrogen-bond donors (Lipinski definition) is 1. The van der Waals surface area contributed by atoms with Crippen molar-refractivity contribution in [3.8, 4) is 0 Å². The molecule has 0 bridgehead atoms. The lowest BCUT2D eigenvalue weighted by atomic mass is 10.1. The van der Waals surface area contributed by atoms with Gasteiger partial charge < -0.3 is 5.73 Å². The smallest absolute Gasteiger partial charge is 0.123 e. The summed E-state index contributed by atoms with van der Waals surface area (Å²) in [5.74, 6) is -0.212. The Bertz CT molecular complexity index is 567. The molecule has 0 aromatic heterocycles. The van der Waals surface area contributed by atoms with E-state index in [-0.39, 0.29) is 5.82 Å². The van der Waals surface area contributed by atoms with Crippen molar-refractivity contribution >= 4 is 0 Å². The van der Waals surface area contributed by atoms with E-state index in [4.69, 9.17) is 5.73 Å². The van der Waals surface area contributed by atoms with Gasteiger partial charge in [-0.1, -0.05) is 36.4 Å². The van der Waals surface area contributed by atoms with Crippen LogP contribution in [0.1, 0.15) is 30.5 Å². The van der Waals surface area contributed by atoms with Crippen molar-refractivity contribution in [2.24, 2.45) is 5.73 Å². The second-order valence-corrected chi connectivity index (χ2v) is 5.66.